The summed E-state index contributed by atoms with van der Waals surface area (Å²) in [6.07, 6.45) is 6.81. The highest BCUT2D eigenvalue weighted by Gasteiger charge is 2.41. The number of imide groups is 1. The van der Waals surface area contributed by atoms with Crippen molar-refractivity contribution >= 4 is 97.4 Å². The van der Waals surface area contributed by atoms with Gasteiger partial charge in [0.15, 0.2) is 0 Å². The average molecular weight is 1020 g/mol. The van der Waals surface area contributed by atoms with Crippen LogP contribution >= 0.6 is 23.1 Å². The molecule has 0 aliphatic carbocycles. The first-order valence-corrected chi connectivity index (χ1v) is 27.2. The van der Waals surface area contributed by atoms with Gasteiger partial charge in [0, 0.05) is 111 Å². The van der Waals surface area contributed by atoms with Gasteiger partial charge in [-0.2, -0.15) is 4.98 Å². The predicted molar refractivity (Wildman–Crippen MR) is 271 cm³/mol. The van der Waals surface area contributed by atoms with Gasteiger partial charge in [-0.1, -0.05) is 25.1 Å². The molecular weight excluding hydrogens is 961 g/mol. The molecule has 360 valence electrons. The summed E-state index contributed by atoms with van der Waals surface area (Å²) in [4.78, 5) is 75.8. The van der Waals surface area contributed by atoms with E-state index in [1.165, 1.54) is 5.56 Å². The summed E-state index contributed by atoms with van der Waals surface area (Å²) in [6, 6.07) is 17.5. The van der Waals surface area contributed by atoms with E-state index in [1.54, 1.807) is 37.7 Å². The van der Waals surface area contributed by atoms with Gasteiger partial charge in [-0.3, -0.25) is 34.4 Å². The minimum atomic E-state index is -2.72. The molecule has 5 aliphatic rings. The van der Waals surface area contributed by atoms with Crippen molar-refractivity contribution < 1.29 is 28.5 Å². The number of hydrogen-bond donors (Lipinski definition) is 3. The van der Waals surface area contributed by atoms with E-state index < -0.39 is 19.1 Å². The molecule has 0 bridgehead atoms. The van der Waals surface area contributed by atoms with Crippen molar-refractivity contribution in [3.05, 3.63) is 88.2 Å². The number of methoxy groups -OCH3 is 1. The number of carbonyl (C=O) groups excluding carboxylic acids is 4. The van der Waals surface area contributed by atoms with E-state index >= 15 is 0 Å². The molecule has 1 atom stereocenters. The van der Waals surface area contributed by atoms with Gasteiger partial charge in [0.25, 0.3) is 5.91 Å². The van der Waals surface area contributed by atoms with Crippen LogP contribution in [0, 0.1) is 5.92 Å². The minimum absolute atomic E-state index is 0.0654. The zero-order valence-electron chi connectivity index (χ0n) is 39.3. The molecule has 4 amide bonds. The Morgan fingerprint density at radius 2 is 1.67 bits per heavy atom. The fourth-order valence-electron chi connectivity index (χ4n) is 10.7. The number of benzene rings is 3. The van der Waals surface area contributed by atoms with Crippen molar-refractivity contribution in [3.63, 3.8) is 0 Å². The summed E-state index contributed by atoms with van der Waals surface area (Å²) in [5, 5.41) is 10.7. The zero-order chi connectivity index (χ0) is 48.1. The van der Waals surface area contributed by atoms with Crippen molar-refractivity contribution in [1.29, 1.82) is 0 Å². The van der Waals surface area contributed by atoms with E-state index in [0.29, 0.717) is 70.6 Å². The van der Waals surface area contributed by atoms with E-state index in [0.717, 1.165) is 92.1 Å². The molecule has 0 spiro atoms. The Morgan fingerprint density at radius 1 is 0.899 bits per heavy atom. The molecular formula is C50H57BrN11O6P. The first kappa shape index (κ1) is 46.6. The molecule has 69 heavy (non-hydrogen) atoms. The lowest BCUT2D eigenvalue weighted by molar-refractivity contribution is -0.139. The molecule has 7 heterocycles. The lowest BCUT2D eigenvalue weighted by atomic mass is 9.95. The minimum Gasteiger partial charge on any atom is -0.494 e. The number of para-hydroxylation sites is 1. The maximum absolute atomic E-state index is 13.7. The molecule has 3 aromatic carbocycles. The lowest BCUT2D eigenvalue weighted by Crippen LogP contribution is -2.59. The van der Waals surface area contributed by atoms with Crippen molar-refractivity contribution in [3.8, 4) is 5.75 Å². The second kappa shape index (κ2) is 19.0. The van der Waals surface area contributed by atoms with Crippen LogP contribution in [0.5, 0.6) is 5.75 Å². The summed E-state index contributed by atoms with van der Waals surface area (Å²) in [6.45, 7) is 12.3. The fourth-order valence-corrected chi connectivity index (χ4v) is 12.4. The summed E-state index contributed by atoms with van der Waals surface area (Å²) in [5.74, 6) is 0.799. The summed E-state index contributed by atoms with van der Waals surface area (Å²) in [5.41, 5.74) is 6.93. The van der Waals surface area contributed by atoms with Crippen LogP contribution in [0.3, 0.4) is 0 Å². The van der Waals surface area contributed by atoms with Crippen LogP contribution in [0.2, 0.25) is 0 Å². The molecule has 0 saturated carbocycles. The third-order valence-corrected chi connectivity index (χ3v) is 16.5. The largest absolute Gasteiger partial charge is 0.494 e. The molecule has 19 heteroatoms. The molecule has 5 aliphatic heterocycles. The highest BCUT2D eigenvalue weighted by Crippen LogP contribution is 2.42. The number of piperazine rings is 1. The molecule has 5 aromatic rings. The molecule has 4 fully saturated rings. The summed E-state index contributed by atoms with van der Waals surface area (Å²) >= 11 is 3.60. The van der Waals surface area contributed by atoms with Gasteiger partial charge in [0.1, 0.15) is 24.8 Å². The molecule has 2 aromatic heterocycles. The van der Waals surface area contributed by atoms with E-state index in [1.807, 2.05) is 47.4 Å². The number of anilines is 6. The van der Waals surface area contributed by atoms with Gasteiger partial charge < -0.3 is 39.5 Å². The summed E-state index contributed by atoms with van der Waals surface area (Å²) in [7, 11) is -1.05. The van der Waals surface area contributed by atoms with Gasteiger partial charge in [-0.05, 0) is 96.4 Å². The molecule has 1 unspecified atom stereocenters. The van der Waals surface area contributed by atoms with Crippen LogP contribution in [-0.4, -0.2) is 138 Å². The van der Waals surface area contributed by atoms with Gasteiger partial charge >= 0.3 is 0 Å². The number of amides is 4. The van der Waals surface area contributed by atoms with Gasteiger partial charge in [0.05, 0.1) is 40.6 Å². The number of fused-ring (bicyclic) bond motifs is 2. The predicted octanol–water partition coefficient (Wildman–Crippen LogP) is 6.10. The highest BCUT2D eigenvalue weighted by atomic mass is 79.9. The Morgan fingerprint density at radius 3 is 2.39 bits per heavy atom. The molecule has 3 N–H and O–H groups in total. The van der Waals surface area contributed by atoms with Crippen LogP contribution in [0.15, 0.2) is 71.5 Å². The van der Waals surface area contributed by atoms with Gasteiger partial charge in [-0.25, -0.2) is 4.98 Å². The second-order valence-electron chi connectivity index (χ2n) is 19.0. The topological polar surface area (TPSA) is 186 Å². The molecule has 0 radical (unpaired) electrons. The van der Waals surface area contributed by atoms with Crippen molar-refractivity contribution in [1.82, 2.24) is 35.0 Å². The Balaban J connectivity index is 0.721. The Labute approximate surface area is 409 Å². The van der Waals surface area contributed by atoms with Crippen LogP contribution < -0.4 is 35.8 Å². The third kappa shape index (κ3) is 9.26. The van der Waals surface area contributed by atoms with Crippen LogP contribution in [0.4, 0.5) is 34.5 Å². The second-order valence-corrected chi connectivity index (χ2v) is 23.0. The SMILES string of the molecule is CCc1cc(Nc2ncc(Br)c(Nc3cnc4ccccc4c3P(C)(C)=O)n2)c(OC)cc1N1CCC(N2CCN(C(=O)C3CN(c4ccc5c(c4)CN(C4CCC(=O)NC4=O)C5=O)C3)CC2)CC1. The fraction of sp³-hybridized carbons (Fsp3) is 0.420. The number of piperidine rings is 2. The Kier molecular flexibility index (Phi) is 12.8. The lowest BCUT2D eigenvalue weighted by Gasteiger charge is -2.46. The maximum atomic E-state index is 13.7. The molecule has 17 nitrogen and oxygen atoms in total. The first-order chi connectivity index (χ1) is 33.3. The first-order valence-electron chi connectivity index (χ1n) is 23.8. The third-order valence-electron chi connectivity index (χ3n) is 14.4. The normalized spacial score (nSPS) is 19.4. The number of nitrogens with zero attached hydrogens (tertiary/aromatic N) is 8. The number of nitrogens with one attached hydrogen (secondary N) is 3. The number of ether oxygens (including phenoxy) is 1. The van der Waals surface area contributed by atoms with Gasteiger partial charge in [-0.15, -0.1) is 0 Å². The van der Waals surface area contributed by atoms with E-state index in [4.69, 9.17) is 9.72 Å². The van der Waals surface area contributed by atoms with Crippen LogP contribution in [-0.2, 0) is 31.9 Å². The number of halogens is 1. The number of aromatic nitrogens is 3. The highest BCUT2D eigenvalue weighted by molar-refractivity contribution is 9.10. The van der Waals surface area contributed by atoms with E-state index in [2.05, 4.69) is 75.6 Å². The van der Waals surface area contributed by atoms with Crippen molar-refractivity contribution in [2.75, 3.05) is 93.2 Å². The Hall–Kier alpha value is -6.10. The quantitative estimate of drug-likeness (QED) is 0.0962. The van der Waals surface area contributed by atoms with Crippen molar-refractivity contribution in [2.24, 2.45) is 5.92 Å². The van der Waals surface area contributed by atoms with Gasteiger partial charge in [0.2, 0.25) is 23.7 Å². The molecule has 4 saturated heterocycles. The Bertz CT molecular complexity index is 2910. The number of hydrogen-bond acceptors (Lipinski definition) is 14. The van der Waals surface area contributed by atoms with E-state index in [9.17, 15) is 23.7 Å². The number of rotatable bonds is 12. The average Bonchev–Trinajstić information content (AvgIpc) is 3.66. The smallest absolute Gasteiger partial charge is 0.255 e. The monoisotopic (exact) mass is 1020 g/mol. The van der Waals surface area contributed by atoms with Crippen LogP contribution in [0.25, 0.3) is 10.9 Å². The number of pyridine rings is 1. The van der Waals surface area contributed by atoms with Crippen LogP contribution in [0.1, 0.15) is 54.1 Å². The van der Waals surface area contributed by atoms with E-state index in [-0.39, 0.29) is 30.1 Å². The summed E-state index contributed by atoms with van der Waals surface area (Å²) < 4.78 is 20.2. The zero-order valence-corrected chi connectivity index (χ0v) is 41.8. The molecule has 10 rings (SSSR count). The van der Waals surface area contributed by atoms with Crippen molar-refractivity contribution in [2.45, 2.75) is 57.7 Å². The maximum Gasteiger partial charge on any atom is 0.255 e. The number of carbonyl (C=O) groups is 4. The number of aryl methyl sites for hydroxylation is 1. The standard InChI is InChI=1S/C50H57BrN11O6P/c1-5-30-23-39(55-50-53-25-37(51)46(57-50)54-40-26-52-38-9-7-6-8-36(38)45(40)69(3,4)67)43(68-2)24-42(30)59-16-14-33(15-17-59)58-18-20-60(21-19-58)48(65)32-27-61(28-32)34-10-11-35-31(22-34)29-62(49(35)66)41-12-13-44(63)56-47(41)64/h6-11,22-26,32-33,41H,5,12-21,27-29H2,1-4H3,(H,56,63,64)(H2,53,54,55,57).